The first-order valence-corrected chi connectivity index (χ1v) is 6.20. The molecule has 0 saturated heterocycles. The Hall–Kier alpha value is -1.90. The number of nitrogens with zero attached hydrogens (tertiary/aromatic N) is 1. The number of rotatable bonds is 5. The van der Waals surface area contributed by atoms with Gasteiger partial charge in [0.1, 0.15) is 0 Å². The second kappa shape index (κ2) is 5.63. The van der Waals surface area contributed by atoms with Gasteiger partial charge in [-0.15, -0.1) is 0 Å². The van der Waals surface area contributed by atoms with Crippen molar-refractivity contribution in [2.45, 2.75) is 26.2 Å². The maximum atomic E-state index is 10.6. The monoisotopic (exact) mass is 243 g/mol. The smallest absolute Gasteiger partial charge is 0.303 e. The predicted molar refractivity (Wildman–Crippen MR) is 71.5 cm³/mol. The summed E-state index contributed by atoms with van der Waals surface area (Å²) in [7, 11) is 0. The van der Waals surface area contributed by atoms with E-state index in [9.17, 15) is 4.79 Å². The lowest BCUT2D eigenvalue weighted by Crippen LogP contribution is -2.05. The Morgan fingerprint density at radius 3 is 2.94 bits per heavy atom. The highest BCUT2D eigenvalue weighted by Crippen LogP contribution is 2.16. The molecule has 0 amide bonds. The Labute approximate surface area is 106 Å². The number of carbonyl (C=O) groups is 1. The Balaban J connectivity index is 2.01. The molecule has 1 atom stereocenters. The molecule has 3 heteroatoms. The van der Waals surface area contributed by atoms with Crippen LogP contribution in [0.3, 0.4) is 0 Å². The van der Waals surface area contributed by atoms with Gasteiger partial charge in [-0.05, 0) is 36.5 Å². The van der Waals surface area contributed by atoms with E-state index < -0.39 is 5.97 Å². The van der Waals surface area contributed by atoms with Gasteiger partial charge in [-0.25, -0.2) is 0 Å². The van der Waals surface area contributed by atoms with Crippen LogP contribution in [0.15, 0.2) is 36.5 Å². The molecular formula is C15H17NO2. The van der Waals surface area contributed by atoms with Crippen LogP contribution in [0.5, 0.6) is 0 Å². The number of hydrogen-bond donors (Lipinski definition) is 1. The van der Waals surface area contributed by atoms with E-state index in [2.05, 4.69) is 11.1 Å². The van der Waals surface area contributed by atoms with Gasteiger partial charge in [-0.1, -0.05) is 25.1 Å². The number of para-hydroxylation sites is 1. The maximum Gasteiger partial charge on any atom is 0.303 e. The van der Waals surface area contributed by atoms with Crippen LogP contribution < -0.4 is 0 Å². The normalized spacial score (nSPS) is 12.5. The molecule has 1 N–H and O–H groups in total. The number of aryl methyl sites for hydroxylation is 1. The first-order valence-electron chi connectivity index (χ1n) is 6.20. The Bertz CT molecular complexity index is 551. The van der Waals surface area contributed by atoms with E-state index in [1.165, 1.54) is 5.56 Å². The summed E-state index contributed by atoms with van der Waals surface area (Å²) in [4.78, 5) is 15.0. The highest BCUT2D eigenvalue weighted by Gasteiger charge is 2.08. The molecule has 0 saturated carbocycles. The second-order valence-corrected chi connectivity index (χ2v) is 4.78. The molecule has 18 heavy (non-hydrogen) atoms. The van der Waals surface area contributed by atoms with Gasteiger partial charge < -0.3 is 5.11 Å². The molecule has 0 aliphatic heterocycles. The summed E-state index contributed by atoms with van der Waals surface area (Å²) in [6.45, 7) is 1.97. The Morgan fingerprint density at radius 1 is 1.39 bits per heavy atom. The van der Waals surface area contributed by atoms with E-state index in [-0.39, 0.29) is 12.3 Å². The Kier molecular flexibility index (Phi) is 3.92. The molecular weight excluding hydrogens is 226 g/mol. The third kappa shape index (κ3) is 3.29. The first kappa shape index (κ1) is 12.6. The van der Waals surface area contributed by atoms with Crippen LogP contribution in [0, 0.1) is 5.92 Å². The molecule has 0 fully saturated rings. The van der Waals surface area contributed by atoms with E-state index in [0.29, 0.717) is 0 Å². The fraction of sp³-hybridized carbons (Fsp3) is 0.333. The summed E-state index contributed by atoms with van der Waals surface area (Å²) in [5.41, 5.74) is 2.17. The van der Waals surface area contributed by atoms with Gasteiger partial charge in [0, 0.05) is 18.0 Å². The van der Waals surface area contributed by atoms with Crippen molar-refractivity contribution in [1.29, 1.82) is 0 Å². The molecule has 1 aromatic carbocycles. The number of hydrogen-bond acceptors (Lipinski definition) is 2. The van der Waals surface area contributed by atoms with Gasteiger partial charge >= 0.3 is 5.97 Å². The van der Waals surface area contributed by atoms with E-state index in [1.54, 1.807) is 0 Å². The predicted octanol–water partition coefficient (Wildman–Crippen LogP) is 3.28. The van der Waals surface area contributed by atoms with Crippen molar-refractivity contribution in [3.05, 3.63) is 42.1 Å². The van der Waals surface area contributed by atoms with Gasteiger partial charge in [0.05, 0.1) is 5.52 Å². The zero-order chi connectivity index (χ0) is 13.0. The van der Waals surface area contributed by atoms with E-state index in [4.69, 9.17) is 5.11 Å². The molecule has 94 valence electrons. The van der Waals surface area contributed by atoms with Crippen molar-refractivity contribution < 1.29 is 9.90 Å². The van der Waals surface area contributed by atoms with Crippen molar-refractivity contribution in [2.24, 2.45) is 5.92 Å². The molecule has 2 aromatic rings. The number of aromatic nitrogens is 1. The average Bonchev–Trinajstić information content (AvgIpc) is 2.35. The van der Waals surface area contributed by atoms with Crippen LogP contribution in [0.4, 0.5) is 0 Å². The number of carboxylic acids is 1. The van der Waals surface area contributed by atoms with Crippen LogP contribution in [-0.4, -0.2) is 16.1 Å². The van der Waals surface area contributed by atoms with Crippen LogP contribution in [0.1, 0.15) is 25.3 Å². The highest BCUT2D eigenvalue weighted by molar-refractivity contribution is 5.78. The number of aliphatic carboxylic acids is 1. The zero-order valence-electron chi connectivity index (χ0n) is 10.5. The number of carboxylic acid groups (broad SMARTS) is 1. The van der Waals surface area contributed by atoms with Gasteiger partial charge in [0.2, 0.25) is 0 Å². The van der Waals surface area contributed by atoms with Crippen molar-refractivity contribution in [3.8, 4) is 0 Å². The fourth-order valence-corrected chi connectivity index (χ4v) is 2.07. The van der Waals surface area contributed by atoms with Crippen molar-refractivity contribution >= 4 is 16.9 Å². The lowest BCUT2D eigenvalue weighted by atomic mass is 9.98. The quantitative estimate of drug-likeness (QED) is 0.876. The summed E-state index contributed by atoms with van der Waals surface area (Å²) < 4.78 is 0. The van der Waals surface area contributed by atoms with E-state index >= 15 is 0 Å². The van der Waals surface area contributed by atoms with E-state index in [1.807, 2.05) is 37.4 Å². The molecule has 1 aromatic heterocycles. The van der Waals surface area contributed by atoms with Crippen LogP contribution in [0.2, 0.25) is 0 Å². The van der Waals surface area contributed by atoms with Gasteiger partial charge in [0.25, 0.3) is 0 Å². The van der Waals surface area contributed by atoms with Crippen molar-refractivity contribution in [2.75, 3.05) is 0 Å². The minimum Gasteiger partial charge on any atom is -0.481 e. The summed E-state index contributed by atoms with van der Waals surface area (Å²) in [6.07, 6.45) is 3.88. The van der Waals surface area contributed by atoms with Gasteiger partial charge in [-0.2, -0.15) is 0 Å². The number of fused-ring (bicyclic) bond motifs is 1. The second-order valence-electron chi connectivity index (χ2n) is 4.78. The highest BCUT2D eigenvalue weighted by atomic mass is 16.4. The topological polar surface area (TPSA) is 50.2 Å². The zero-order valence-corrected chi connectivity index (χ0v) is 10.5. The average molecular weight is 243 g/mol. The fourth-order valence-electron chi connectivity index (χ4n) is 2.07. The molecule has 1 unspecified atom stereocenters. The van der Waals surface area contributed by atoms with Crippen LogP contribution >= 0.6 is 0 Å². The molecule has 0 aliphatic carbocycles. The van der Waals surface area contributed by atoms with Crippen LogP contribution in [-0.2, 0) is 11.2 Å². The van der Waals surface area contributed by atoms with Crippen molar-refractivity contribution in [3.63, 3.8) is 0 Å². The molecule has 1 heterocycles. The minimum atomic E-state index is -0.723. The number of pyridine rings is 1. The summed E-state index contributed by atoms with van der Waals surface area (Å²) in [5, 5.41) is 9.85. The SMILES string of the molecule is CC(CCc1cnc2ccccc2c1)CC(=O)O. The maximum absolute atomic E-state index is 10.6. The van der Waals surface area contributed by atoms with E-state index in [0.717, 1.165) is 23.7 Å². The summed E-state index contributed by atoms with van der Waals surface area (Å²) in [6, 6.07) is 10.2. The Morgan fingerprint density at radius 2 is 2.17 bits per heavy atom. The molecule has 2 rings (SSSR count). The standard InChI is InChI=1S/C15H17NO2/c1-11(8-15(17)18)6-7-12-9-13-4-2-3-5-14(13)16-10-12/h2-5,9-11H,6-8H2,1H3,(H,17,18). The minimum absolute atomic E-state index is 0.203. The lowest BCUT2D eigenvalue weighted by molar-refractivity contribution is -0.138. The molecule has 0 radical (unpaired) electrons. The molecule has 0 aliphatic rings. The van der Waals surface area contributed by atoms with Gasteiger partial charge in [0.15, 0.2) is 0 Å². The summed E-state index contributed by atoms with van der Waals surface area (Å²) in [5.74, 6) is -0.520. The number of benzene rings is 1. The third-order valence-electron chi connectivity index (χ3n) is 3.10. The lowest BCUT2D eigenvalue weighted by Gasteiger charge is -2.08. The third-order valence-corrected chi connectivity index (χ3v) is 3.10. The van der Waals surface area contributed by atoms with Crippen LogP contribution in [0.25, 0.3) is 10.9 Å². The molecule has 3 nitrogen and oxygen atoms in total. The molecule has 0 bridgehead atoms. The van der Waals surface area contributed by atoms with Crippen molar-refractivity contribution in [1.82, 2.24) is 4.98 Å². The first-order chi connectivity index (χ1) is 8.65. The summed E-state index contributed by atoms with van der Waals surface area (Å²) >= 11 is 0. The largest absolute Gasteiger partial charge is 0.481 e. The van der Waals surface area contributed by atoms with Gasteiger partial charge in [-0.3, -0.25) is 9.78 Å². The molecule has 0 spiro atoms.